The van der Waals surface area contributed by atoms with Crippen molar-refractivity contribution in [3.63, 3.8) is 0 Å². The van der Waals surface area contributed by atoms with Crippen LogP contribution in [0.4, 0.5) is 4.79 Å². The Labute approximate surface area is 160 Å². The zero-order valence-corrected chi connectivity index (χ0v) is 16.1. The summed E-state index contributed by atoms with van der Waals surface area (Å²) in [4.78, 5) is 11.4. The summed E-state index contributed by atoms with van der Waals surface area (Å²) in [5.74, 6) is 4.35. The predicted molar refractivity (Wildman–Crippen MR) is 102 cm³/mol. The van der Waals surface area contributed by atoms with Gasteiger partial charge >= 0.3 is 5.43 Å². The maximum absolute atomic E-state index is 11.4. The van der Waals surface area contributed by atoms with Crippen LogP contribution in [0.1, 0.15) is 51.9 Å². The lowest BCUT2D eigenvalue weighted by atomic mass is 9.50. The molecule has 0 aliphatic heterocycles. The average Bonchev–Trinajstić information content (AvgIpc) is 2.86. The van der Waals surface area contributed by atoms with Crippen LogP contribution in [0, 0.1) is 41.4 Å². The third-order valence-corrected chi connectivity index (χ3v) is 8.13. The molecule has 4 heteroatoms. The van der Waals surface area contributed by atoms with Crippen LogP contribution < -0.4 is 0 Å². The molecule has 140 valence electrons. The Morgan fingerprint density at radius 3 is 2.85 bits per heavy atom. The minimum Gasteiger partial charge on any atom is -0.449 e. The Hall–Kier alpha value is -1.24. The molecule has 26 heavy (non-hydrogen) atoms. The number of hydrogen-bond acceptors (Lipinski definition) is 3. The number of ether oxygens (including phenoxy) is 1. The summed E-state index contributed by atoms with van der Waals surface area (Å²) in [7, 11) is 0. The van der Waals surface area contributed by atoms with Crippen LogP contribution in [0.3, 0.4) is 0 Å². The molecule has 3 saturated carbocycles. The molecule has 3 fully saturated rings. The lowest BCUT2D eigenvalue weighted by molar-refractivity contribution is -0.0953. The first-order valence-corrected chi connectivity index (χ1v) is 10.1. The number of rotatable bonds is 1. The van der Waals surface area contributed by atoms with Crippen molar-refractivity contribution in [1.29, 1.82) is 0 Å². The molecule has 3 nitrogen and oxygen atoms in total. The molecule has 0 bridgehead atoms. The largest absolute Gasteiger partial charge is 0.449 e. The first kappa shape index (κ1) is 18.1. The van der Waals surface area contributed by atoms with Gasteiger partial charge in [-0.2, -0.15) is 0 Å². The summed E-state index contributed by atoms with van der Waals surface area (Å²) in [5.41, 5.74) is 0.456. The first-order chi connectivity index (χ1) is 12.3. The van der Waals surface area contributed by atoms with Crippen molar-refractivity contribution in [3.05, 3.63) is 23.8 Å². The maximum Gasteiger partial charge on any atom is 0.404 e. The second-order valence-electron chi connectivity index (χ2n) is 8.97. The fourth-order valence-electron chi connectivity index (χ4n) is 6.83. The minimum atomic E-state index is -0.985. The van der Waals surface area contributed by atoms with Crippen LogP contribution in [-0.2, 0) is 4.74 Å². The van der Waals surface area contributed by atoms with Gasteiger partial charge in [-0.15, -0.1) is 6.42 Å². The summed E-state index contributed by atoms with van der Waals surface area (Å²) < 4.78 is 5.52. The van der Waals surface area contributed by atoms with Gasteiger partial charge in [0.1, 0.15) is 11.7 Å². The van der Waals surface area contributed by atoms with Gasteiger partial charge in [-0.25, -0.2) is 4.79 Å². The molecule has 0 saturated heterocycles. The van der Waals surface area contributed by atoms with Gasteiger partial charge in [0.15, 0.2) is 0 Å². The Morgan fingerprint density at radius 1 is 1.38 bits per heavy atom. The van der Waals surface area contributed by atoms with Crippen LogP contribution in [0.5, 0.6) is 0 Å². The second-order valence-corrected chi connectivity index (χ2v) is 9.28. The third-order valence-electron chi connectivity index (χ3n) is 8.04. The van der Waals surface area contributed by atoms with E-state index in [4.69, 9.17) is 22.8 Å². The molecular weight excluding hydrogens is 348 g/mol. The highest BCUT2D eigenvalue weighted by atomic mass is 35.5. The smallest absolute Gasteiger partial charge is 0.404 e. The number of carbonyl (C=O) groups excluding carboxylic acids is 1. The van der Waals surface area contributed by atoms with Gasteiger partial charge < -0.3 is 9.84 Å². The minimum absolute atomic E-state index is 0.207. The SMILES string of the molecule is C#C[C@]1(O)CC[C@H]2[C@@H]3CCC4=CC(=C)CC(OC(=O)Cl)[C@@H]4[C@H]3CC[C@@]21C. The number of allylic oxidation sites excluding steroid dienone is 1. The number of halogens is 1. The Kier molecular flexibility index (Phi) is 4.29. The lowest BCUT2D eigenvalue weighted by Gasteiger charge is -2.55. The summed E-state index contributed by atoms with van der Waals surface area (Å²) in [6.45, 7) is 6.28. The second kappa shape index (κ2) is 6.14. The highest BCUT2D eigenvalue weighted by molar-refractivity contribution is 6.61. The van der Waals surface area contributed by atoms with Crippen molar-refractivity contribution in [2.45, 2.75) is 63.6 Å². The molecule has 4 aliphatic carbocycles. The molecule has 0 aromatic heterocycles. The summed E-state index contributed by atoms with van der Waals surface area (Å²) in [6.07, 6.45) is 14.1. The first-order valence-electron chi connectivity index (χ1n) is 9.73. The number of fused-ring (bicyclic) bond motifs is 5. The van der Waals surface area contributed by atoms with Crippen molar-refractivity contribution in [2.24, 2.45) is 29.1 Å². The molecule has 4 aliphatic rings. The standard InChI is InChI=1S/C22H27ClO3/c1-4-22(25)10-8-17-15-6-5-14-11-13(2)12-18(26-20(23)24)19(14)16(15)7-9-21(17,22)3/h1,11,15-19,25H,2,5-10,12H2,3H3/t15-,16+,17+,18?,19+,21+,22+/m1/s1. The van der Waals surface area contributed by atoms with E-state index in [1.807, 2.05) is 0 Å². The Balaban J connectivity index is 1.67. The monoisotopic (exact) mass is 374 g/mol. The Morgan fingerprint density at radius 2 is 2.15 bits per heavy atom. The topological polar surface area (TPSA) is 46.5 Å². The van der Waals surface area contributed by atoms with Crippen LogP contribution in [-0.4, -0.2) is 22.2 Å². The molecule has 0 spiro atoms. The van der Waals surface area contributed by atoms with Crippen LogP contribution in [0.25, 0.3) is 0 Å². The maximum atomic E-state index is 11.4. The van der Waals surface area contributed by atoms with Crippen LogP contribution in [0.15, 0.2) is 23.8 Å². The van der Waals surface area contributed by atoms with E-state index in [1.54, 1.807) is 0 Å². The fraction of sp³-hybridized carbons (Fsp3) is 0.682. The van der Waals surface area contributed by atoms with E-state index in [1.165, 1.54) is 5.57 Å². The molecule has 1 N–H and O–H groups in total. The van der Waals surface area contributed by atoms with E-state index < -0.39 is 11.0 Å². The van der Waals surface area contributed by atoms with Gasteiger partial charge in [-0.3, -0.25) is 0 Å². The highest BCUT2D eigenvalue weighted by Crippen LogP contribution is 2.65. The lowest BCUT2D eigenvalue weighted by Crippen LogP contribution is -2.53. The van der Waals surface area contributed by atoms with E-state index in [0.29, 0.717) is 30.6 Å². The van der Waals surface area contributed by atoms with Crippen LogP contribution >= 0.6 is 11.6 Å². The molecule has 4 rings (SSSR count). The number of hydrogen-bond donors (Lipinski definition) is 1. The average molecular weight is 375 g/mol. The molecule has 1 unspecified atom stereocenters. The molecule has 0 aromatic rings. The van der Waals surface area contributed by atoms with Gasteiger partial charge in [0.25, 0.3) is 0 Å². The van der Waals surface area contributed by atoms with Gasteiger partial charge in [-0.1, -0.05) is 36.6 Å². The van der Waals surface area contributed by atoms with E-state index >= 15 is 0 Å². The van der Waals surface area contributed by atoms with E-state index in [9.17, 15) is 9.90 Å². The third kappa shape index (κ3) is 2.49. The van der Waals surface area contributed by atoms with E-state index in [-0.39, 0.29) is 17.4 Å². The summed E-state index contributed by atoms with van der Waals surface area (Å²) in [5, 5.41) is 11.0. The number of terminal acetylenes is 1. The van der Waals surface area contributed by atoms with Gasteiger partial charge in [0.05, 0.1) is 0 Å². The van der Waals surface area contributed by atoms with Crippen LogP contribution in [0.2, 0.25) is 0 Å². The molecule has 0 aromatic carbocycles. The van der Waals surface area contributed by atoms with Crippen molar-refractivity contribution in [2.75, 3.05) is 0 Å². The molecule has 0 radical (unpaired) electrons. The van der Waals surface area contributed by atoms with Gasteiger partial charge in [0, 0.05) is 29.4 Å². The zero-order chi connectivity index (χ0) is 18.7. The number of carbonyl (C=O) groups is 1. The molecule has 7 atom stereocenters. The molecule has 0 amide bonds. The van der Waals surface area contributed by atoms with Crippen molar-refractivity contribution in [3.8, 4) is 12.3 Å². The molecule has 0 heterocycles. The van der Waals surface area contributed by atoms with Crippen molar-refractivity contribution in [1.82, 2.24) is 0 Å². The van der Waals surface area contributed by atoms with Gasteiger partial charge in [-0.05, 0) is 56.3 Å². The van der Waals surface area contributed by atoms with Gasteiger partial charge in [0.2, 0.25) is 0 Å². The quantitative estimate of drug-likeness (QED) is 0.528. The summed E-state index contributed by atoms with van der Waals surface area (Å²) >= 11 is 5.57. The number of aliphatic hydroxyl groups is 1. The fourth-order valence-corrected chi connectivity index (χ4v) is 6.94. The summed E-state index contributed by atoms with van der Waals surface area (Å²) in [6, 6.07) is 0. The zero-order valence-electron chi connectivity index (χ0n) is 15.3. The van der Waals surface area contributed by atoms with E-state index in [0.717, 1.165) is 37.7 Å². The van der Waals surface area contributed by atoms with E-state index in [2.05, 4.69) is 25.5 Å². The predicted octanol–water partition coefficient (Wildman–Crippen LogP) is 4.83. The highest BCUT2D eigenvalue weighted by Gasteiger charge is 2.62. The Bertz CT molecular complexity index is 719. The van der Waals surface area contributed by atoms with Crippen molar-refractivity contribution < 1.29 is 14.6 Å². The van der Waals surface area contributed by atoms with Crippen molar-refractivity contribution >= 4 is 17.0 Å². The molecular formula is C22H27ClO3. The normalized spacial score (nSPS) is 47.1.